The minimum absolute atomic E-state index is 0.115. The fraction of sp³-hybridized carbons (Fsp3) is 0.500. The number of urea groups is 1. The van der Waals surface area contributed by atoms with Crippen LogP contribution in [0, 0.1) is 0 Å². The molecule has 0 bridgehead atoms. The summed E-state index contributed by atoms with van der Waals surface area (Å²) in [6.45, 7) is 0.190. The fourth-order valence-corrected chi connectivity index (χ4v) is 3.92. The number of carbonyl (C=O) groups is 4. The van der Waals surface area contributed by atoms with Crippen molar-refractivity contribution >= 4 is 23.8 Å². The van der Waals surface area contributed by atoms with Gasteiger partial charge in [-0.25, -0.2) is 4.79 Å². The molecule has 1 aromatic carbocycles. The summed E-state index contributed by atoms with van der Waals surface area (Å²) in [7, 11) is 1.51. The van der Waals surface area contributed by atoms with Crippen molar-refractivity contribution in [3.63, 3.8) is 0 Å². The molecule has 1 aromatic rings. The Labute approximate surface area is 164 Å². The molecule has 0 aromatic heterocycles. The number of nitrogens with one attached hydrogen (secondary N) is 3. The Bertz CT molecular complexity index is 759. The summed E-state index contributed by atoms with van der Waals surface area (Å²) in [4.78, 5) is 50.4. The highest BCUT2D eigenvalue weighted by Gasteiger charge is 2.52. The maximum absolute atomic E-state index is 12.6. The average molecular weight is 386 g/mol. The monoisotopic (exact) mass is 386 g/mol. The Hall–Kier alpha value is -2.90. The van der Waals surface area contributed by atoms with E-state index in [0.717, 1.165) is 12.8 Å². The van der Waals surface area contributed by atoms with Crippen molar-refractivity contribution in [1.29, 1.82) is 0 Å². The molecule has 1 aliphatic heterocycles. The molecule has 2 fully saturated rings. The molecule has 1 aliphatic carbocycles. The number of benzene rings is 1. The number of rotatable bonds is 7. The van der Waals surface area contributed by atoms with E-state index in [1.807, 2.05) is 6.07 Å². The van der Waals surface area contributed by atoms with E-state index in [2.05, 4.69) is 16.0 Å². The highest BCUT2D eigenvalue weighted by molar-refractivity contribution is 6.07. The lowest BCUT2D eigenvalue weighted by Gasteiger charge is -2.20. The normalized spacial score (nSPS) is 18.8. The van der Waals surface area contributed by atoms with Gasteiger partial charge in [0, 0.05) is 20.0 Å². The van der Waals surface area contributed by atoms with Crippen LogP contribution in [-0.4, -0.2) is 47.8 Å². The summed E-state index contributed by atoms with van der Waals surface area (Å²) in [6.07, 6.45) is 3.69. The third-order valence-electron chi connectivity index (χ3n) is 5.44. The second kappa shape index (κ2) is 8.41. The van der Waals surface area contributed by atoms with Crippen molar-refractivity contribution in [2.75, 3.05) is 13.6 Å². The predicted molar refractivity (Wildman–Crippen MR) is 102 cm³/mol. The third-order valence-corrected chi connectivity index (χ3v) is 5.44. The van der Waals surface area contributed by atoms with Gasteiger partial charge in [0.05, 0.1) is 0 Å². The van der Waals surface area contributed by atoms with Crippen molar-refractivity contribution in [2.24, 2.45) is 0 Å². The first-order valence-corrected chi connectivity index (χ1v) is 9.67. The summed E-state index contributed by atoms with van der Waals surface area (Å²) >= 11 is 0. The smallest absolute Gasteiger partial charge is 0.325 e. The summed E-state index contributed by atoms with van der Waals surface area (Å²) in [5.74, 6) is -0.792. The van der Waals surface area contributed by atoms with E-state index in [4.69, 9.17) is 0 Å². The number of nitrogens with zero attached hydrogens (tertiary/aromatic N) is 1. The van der Waals surface area contributed by atoms with Gasteiger partial charge in [-0.3, -0.25) is 19.3 Å². The van der Waals surface area contributed by atoms with E-state index < -0.39 is 11.6 Å². The highest BCUT2D eigenvalue weighted by Crippen LogP contribution is 2.35. The van der Waals surface area contributed by atoms with Gasteiger partial charge in [0.25, 0.3) is 5.91 Å². The molecule has 1 saturated carbocycles. The molecule has 1 saturated heterocycles. The number of carbonyl (C=O) groups excluding carboxylic acids is 4. The SMILES string of the molecule is CNC(=O)C(NC(=O)CCCN1C(=O)NC2(CCCC2)C1=O)c1ccccc1. The zero-order valence-electron chi connectivity index (χ0n) is 16.0. The number of likely N-dealkylation sites (N-methyl/N-ethyl adjacent to an activating group) is 1. The van der Waals surface area contributed by atoms with Gasteiger partial charge >= 0.3 is 6.03 Å². The Morgan fingerprint density at radius 3 is 2.50 bits per heavy atom. The van der Waals surface area contributed by atoms with Crippen LogP contribution in [0.1, 0.15) is 50.1 Å². The third kappa shape index (κ3) is 4.00. The van der Waals surface area contributed by atoms with Gasteiger partial charge in [0.1, 0.15) is 11.6 Å². The van der Waals surface area contributed by atoms with Crippen molar-refractivity contribution < 1.29 is 19.2 Å². The molecular formula is C20H26N4O4. The first kappa shape index (κ1) is 19.9. The maximum Gasteiger partial charge on any atom is 0.325 e. The van der Waals surface area contributed by atoms with Gasteiger partial charge < -0.3 is 16.0 Å². The topological polar surface area (TPSA) is 108 Å². The van der Waals surface area contributed by atoms with Crippen LogP contribution in [0.4, 0.5) is 4.79 Å². The zero-order chi connectivity index (χ0) is 20.1. The number of amides is 5. The van der Waals surface area contributed by atoms with Gasteiger partial charge in [-0.15, -0.1) is 0 Å². The Morgan fingerprint density at radius 1 is 1.18 bits per heavy atom. The minimum Gasteiger partial charge on any atom is -0.357 e. The van der Waals surface area contributed by atoms with Crippen molar-refractivity contribution in [3.8, 4) is 0 Å². The summed E-state index contributed by atoms with van der Waals surface area (Å²) in [5.41, 5.74) is -0.0378. The molecule has 1 heterocycles. The van der Waals surface area contributed by atoms with Gasteiger partial charge in [0.15, 0.2) is 0 Å². The number of hydrogen-bond acceptors (Lipinski definition) is 4. The quantitative estimate of drug-likeness (QED) is 0.613. The van der Waals surface area contributed by atoms with E-state index in [0.29, 0.717) is 24.8 Å². The van der Waals surface area contributed by atoms with Crippen molar-refractivity contribution in [1.82, 2.24) is 20.9 Å². The second-order valence-electron chi connectivity index (χ2n) is 7.31. The maximum atomic E-state index is 12.6. The molecule has 8 heteroatoms. The molecule has 1 unspecified atom stereocenters. The Morgan fingerprint density at radius 2 is 1.86 bits per heavy atom. The largest absolute Gasteiger partial charge is 0.357 e. The average Bonchev–Trinajstić information content (AvgIpc) is 3.26. The minimum atomic E-state index is -0.780. The molecule has 5 amide bonds. The lowest BCUT2D eigenvalue weighted by atomic mass is 9.98. The van der Waals surface area contributed by atoms with Crippen LogP contribution < -0.4 is 16.0 Å². The molecule has 150 valence electrons. The van der Waals surface area contributed by atoms with Crippen LogP contribution in [0.5, 0.6) is 0 Å². The van der Waals surface area contributed by atoms with Crippen LogP contribution in [-0.2, 0) is 14.4 Å². The molecular weight excluding hydrogens is 360 g/mol. The second-order valence-corrected chi connectivity index (χ2v) is 7.31. The summed E-state index contributed by atoms with van der Waals surface area (Å²) in [6, 6.07) is 7.82. The zero-order valence-corrected chi connectivity index (χ0v) is 16.0. The standard InChI is InChI=1S/C20H26N4O4/c1-21-17(26)16(14-8-3-2-4-9-14)22-15(25)10-7-13-24-18(27)20(23-19(24)28)11-5-6-12-20/h2-4,8-9,16H,5-7,10-13H2,1H3,(H,21,26)(H,22,25)(H,23,28). The van der Waals surface area contributed by atoms with Crippen LogP contribution in [0.3, 0.4) is 0 Å². The fourth-order valence-electron chi connectivity index (χ4n) is 3.92. The van der Waals surface area contributed by atoms with Gasteiger partial charge in [-0.2, -0.15) is 0 Å². The van der Waals surface area contributed by atoms with Gasteiger partial charge in [-0.05, 0) is 24.8 Å². The number of hydrogen-bond donors (Lipinski definition) is 3. The van der Waals surface area contributed by atoms with E-state index in [1.165, 1.54) is 11.9 Å². The highest BCUT2D eigenvalue weighted by atomic mass is 16.2. The van der Waals surface area contributed by atoms with Crippen molar-refractivity contribution in [3.05, 3.63) is 35.9 Å². The molecule has 1 spiro atoms. The lowest BCUT2D eigenvalue weighted by Crippen LogP contribution is -2.44. The molecule has 2 aliphatic rings. The summed E-state index contributed by atoms with van der Waals surface area (Å²) in [5, 5.41) is 8.10. The molecule has 0 radical (unpaired) electrons. The van der Waals surface area contributed by atoms with E-state index in [-0.39, 0.29) is 36.7 Å². The Balaban J connectivity index is 1.53. The summed E-state index contributed by atoms with van der Waals surface area (Å²) < 4.78 is 0. The molecule has 28 heavy (non-hydrogen) atoms. The van der Waals surface area contributed by atoms with Crippen molar-refractivity contribution in [2.45, 2.75) is 50.1 Å². The van der Waals surface area contributed by atoms with E-state index in [1.54, 1.807) is 24.3 Å². The predicted octanol–water partition coefficient (Wildman–Crippen LogP) is 1.23. The van der Waals surface area contributed by atoms with Gasteiger partial charge in [0.2, 0.25) is 11.8 Å². The van der Waals surface area contributed by atoms with E-state index in [9.17, 15) is 19.2 Å². The Kier molecular flexibility index (Phi) is 5.96. The number of imide groups is 1. The van der Waals surface area contributed by atoms with Crippen LogP contribution in [0.2, 0.25) is 0 Å². The first-order valence-electron chi connectivity index (χ1n) is 9.67. The first-order chi connectivity index (χ1) is 13.5. The molecule has 3 rings (SSSR count). The van der Waals surface area contributed by atoms with Crippen LogP contribution >= 0.6 is 0 Å². The lowest BCUT2D eigenvalue weighted by molar-refractivity contribution is -0.131. The van der Waals surface area contributed by atoms with Crippen LogP contribution in [0.25, 0.3) is 0 Å². The molecule has 3 N–H and O–H groups in total. The molecule has 8 nitrogen and oxygen atoms in total. The molecule has 1 atom stereocenters. The van der Waals surface area contributed by atoms with Crippen LogP contribution in [0.15, 0.2) is 30.3 Å². The van der Waals surface area contributed by atoms with E-state index >= 15 is 0 Å². The van der Waals surface area contributed by atoms with Gasteiger partial charge in [-0.1, -0.05) is 43.2 Å².